The van der Waals surface area contributed by atoms with Crippen LogP contribution in [0.2, 0.25) is 0 Å². The first-order chi connectivity index (χ1) is 8.38. The van der Waals surface area contributed by atoms with Crippen LogP contribution < -0.4 is 5.32 Å². The molecule has 3 nitrogen and oxygen atoms in total. The van der Waals surface area contributed by atoms with Crippen molar-refractivity contribution in [3.63, 3.8) is 0 Å². The third-order valence-corrected chi connectivity index (χ3v) is 3.77. The molecule has 1 aliphatic rings. The van der Waals surface area contributed by atoms with E-state index in [9.17, 15) is 0 Å². The summed E-state index contributed by atoms with van der Waals surface area (Å²) in [5.74, 6) is 1.84. The number of hydrogen-bond donors (Lipinski definition) is 1. The maximum absolute atomic E-state index is 5.51. The summed E-state index contributed by atoms with van der Waals surface area (Å²) < 4.78 is 10.5. The van der Waals surface area contributed by atoms with Gasteiger partial charge in [0.2, 0.25) is 0 Å². The first-order valence-corrected chi connectivity index (χ1v) is 7.15. The van der Waals surface area contributed by atoms with Gasteiger partial charge in [-0.2, -0.15) is 0 Å². The topological polar surface area (TPSA) is 30.5 Å². The zero-order valence-corrected chi connectivity index (χ0v) is 11.5. The lowest BCUT2D eigenvalue weighted by Gasteiger charge is -2.19. The van der Waals surface area contributed by atoms with Crippen molar-refractivity contribution in [2.45, 2.75) is 39.0 Å². The molecule has 0 saturated heterocycles. The molecule has 0 radical (unpaired) electrons. The van der Waals surface area contributed by atoms with Crippen LogP contribution in [0.4, 0.5) is 0 Å². The van der Waals surface area contributed by atoms with Crippen LogP contribution in [0.25, 0.3) is 0 Å². The van der Waals surface area contributed by atoms with Gasteiger partial charge in [0.15, 0.2) is 0 Å². The van der Waals surface area contributed by atoms with Crippen molar-refractivity contribution in [1.29, 1.82) is 0 Å². The van der Waals surface area contributed by atoms with Gasteiger partial charge in [0.05, 0.1) is 13.2 Å². The Kier molecular flexibility index (Phi) is 8.67. The first kappa shape index (κ1) is 14.9. The van der Waals surface area contributed by atoms with Crippen LogP contribution in [0.15, 0.2) is 0 Å². The van der Waals surface area contributed by atoms with Gasteiger partial charge >= 0.3 is 0 Å². The Morgan fingerprint density at radius 2 is 1.94 bits per heavy atom. The molecular formula is C14H29NO2. The summed E-state index contributed by atoms with van der Waals surface area (Å²) in [5.41, 5.74) is 0. The second-order valence-corrected chi connectivity index (χ2v) is 5.01. The van der Waals surface area contributed by atoms with Gasteiger partial charge in [0, 0.05) is 13.7 Å². The lowest BCUT2D eigenvalue weighted by atomic mass is 9.91. The standard InChI is InChI=1S/C14H29NO2/c1-3-15-12-14-7-4-6-13(14)8-5-9-17-11-10-16-2/h13-15H,3-12H2,1-2H3. The van der Waals surface area contributed by atoms with Crippen LogP contribution in [0.1, 0.15) is 39.0 Å². The van der Waals surface area contributed by atoms with Crippen molar-refractivity contribution in [2.75, 3.05) is 40.0 Å². The van der Waals surface area contributed by atoms with Crippen LogP contribution in [-0.2, 0) is 9.47 Å². The van der Waals surface area contributed by atoms with Crippen LogP contribution in [-0.4, -0.2) is 40.0 Å². The van der Waals surface area contributed by atoms with Gasteiger partial charge in [0.1, 0.15) is 0 Å². The molecule has 17 heavy (non-hydrogen) atoms. The zero-order valence-electron chi connectivity index (χ0n) is 11.5. The average Bonchev–Trinajstić information content (AvgIpc) is 2.78. The number of hydrogen-bond acceptors (Lipinski definition) is 3. The predicted molar refractivity (Wildman–Crippen MR) is 71.3 cm³/mol. The van der Waals surface area contributed by atoms with E-state index in [1.165, 1.54) is 38.6 Å². The van der Waals surface area contributed by atoms with Crippen LogP contribution in [0.5, 0.6) is 0 Å². The molecule has 0 spiro atoms. The van der Waals surface area contributed by atoms with E-state index < -0.39 is 0 Å². The summed E-state index contributed by atoms with van der Waals surface area (Å²) in [6.07, 6.45) is 6.81. The van der Waals surface area contributed by atoms with E-state index in [1.807, 2.05) is 0 Å². The second-order valence-electron chi connectivity index (χ2n) is 5.01. The smallest absolute Gasteiger partial charge is 0.0700 e. The fourth-order valence-corrected chi connectivity index (χ4v) is 2.78. The maximum Gasteiger partial charge on any atom is 0.0700 e. The maximum atomic E-state index is 5.51. The summed E-state index contributed by atoms with van der Waals surface area (Å²) >= 11 is 0. The van der Waals surface area contributed by atoms with Crippen molar-refractivity contribution in [1.82, 2.24) is 5.32 Å². The Morgan fingerprint density at radius 1 is 1.12 bits per heavy atom. The highest BCUT2D eigenvalue weighted by atomic mass is 16.5. The molecule has 102 valence electrons. The lowest BCUT2D eigenvalue weighted by Crippen LogP contribution is -2.25. The Labute approximate surface area is 106 Å². The largest absolute Gasteiger partial charge is 0.382 e. The summed E-state index contributed by atoms with van der Waals surface area (Å²) in [5, 5.41) is 3.49. The molecular weight excluding hydrogens is 214 g/mol. The monoisotopic (exact) mass is 243 g/mol. The molecule has 0 aromatic heterocycles. The molecule has 1 rings (SSSR count). The van der Waals surface area contributed by atoms with Gasteiger partial charge in [-0.1, -0.05) is 19.8 Å². The summed E-state index contributed by atoms with van der Waals surface area (Å²) in [7, 11) is 1.72. The second kappa shape index (κ2) is 9.86. The van der Waals surface area contributed by atoms with Crippen molar-refractivity contribution in [2.24, 2.45) is 11.8 Å². The minimum atomic E-state index is 0.715. The molecule has 1 aliphatic carbocycles. The van der Waals surface area contributed by atoms with Crippen LogP contribution in [0, 0.1) is 11.8 Å². The van der Waals surface area contributed by atoms with Gasteiger partial charge in [0.25, 0.3) is 0 Å². The highest BCUT2D eigenvalue weighted by Gasteiger charge is 2.25. The highest BCUT2D eigenvalue weighted by Crippen LogP contribution is 2.34. The molecule has 1 fully saturated rings. The van der Waals surface area contributed by atoms with Gasteiger partial charge in [-0.05, 0) is 44.2 Å². The Bertz CT molecular complexity index is 176. The first-order valence-electron chi connectivity index (χ1n) is 7.15. The summed E-state index contributed by atoms with van der Waals surface area (Å²) in [6.45, 7) is 6.85. The fourth-order valence-electron chi connectivity index (χ4n) is 2.78. The number of ether oxygens (including phenoxy) is 2. The summed E-state index contributed by atoms with van der Waals surface area (Å²) in [4.78, 5) is 0. The number of methoxy groups -OCH3 is 1. The van der Waals surface area contributed by atoms with E-state index in [-0.39, 0.29) is 0 Å². The number of nitrogens with one attached hydrogen (secondary N) is 1. The van der Waals surface area contributed by atoms with Crippen molar-refractivity contribution in [3.05, 3.63) is 0 Å². The molecule has 3 heteroatoms. The normalized spacial score (nSPS) is 24.4. The molecule has 0 aromatic rings. The summed E-state index contributed by atoms with van der Waals surface area (Å²) in [6, 6.07) is 0. The predicted octanol–water partition coefficient (Wildman–Crippen LogP) is 2.46. The molecule has 0 bridgehead atoms. The van der Waals surface area contributed by atoms with E-state index in [0.717, 1.165) is 31.6 Å². The van der Waals surface area contributed by atoms with Gasteiger partial charge < -0.3 is 14.8 Å². The van der Waals surface area contributed by atoms with Crippen molar-refractivity contribution < 1.29 is 9.47 Å². The zero-order chi connectivity index (χ0) is 12.3. The van der Waals surface area contributed by atoms with Crippen molar-refractivity contribution >= 4 is 0 Å². The quantitative estimate of drug-likeness (QED) is 0.598. The van der Waals surface area contributed by atoms with E-state index >= 15 is 0 Å². The molecule has 0 aliphatic heterocycles. The van der Waals surface area contributed by atoms with Gasteiger partial charge in [-0.15, -0.1) is 0 Å². The SMILES string of the molecule is CCNCC1CCCC1CCCOCCOC. The minimum Gasteiger partial charge on any atom is -0.382 e. The Morgan fingerprint density at radius 3 is 2.71 bits per heavy atom. The van der Waals surface area contributed by atoms with E-state index in [4.69, 9.17) is 9.47 Å². The van der Waals surface area contributed by atoms with Crippen molar-refractivity contribution in [3.8, 4) is 0 Å². The minimum absolute atomic E-state index is 0.715. The third-order valence-electron chi connectivity index (χ3n) is 3.77. The highest BCUT2D eigenvalue weighted by molar-refractivity contribution is 4.78. The van der Waals surface area contributed by atoms with Gasteiger partial charge in [-0.3, -0.25) is 0 Å². The third kappa shape index (κ3) is 6.39. The van der Waals surface area contributed by atoms with E-state index in [1.54, 1.807) is 7.11 Å². The van der Waals surface area contributed by atoms with E-state index in [0.29, 0.717) is 6.61 Å². The van der Waals surface area contributed by atoms with Crippen LogP contribution >= 0.6 is 0 Å². The molecule has 2 unspecified atom stereocenters. The van der Waals surface area contributed by atoms with Gasteiger partial charge in [-0.25, -0.2) is 0 Å². The lowest BCUT2D eigenvalue weighted by molar-refractivity contribution is 0.0665. The molecule has 2 atom stereocenters. The number of rotatable bonds is 10. The molecule has 1 N–H and O–H groups in total. The molecule has 0 amide bonds. The van der Waals surface area contributed by atoms with Crippen LogP contribution in [0.3, 0.4) is 0 Å². The Hall–Kier alpha value is -0.120. The van der Waals surface area contributed by atoms with E-state index in [2.05, 4.69) is 12.2 Å². The molecule has 0 heterocycles. The molecule has 0 aromatic carbocycles. The Balaban J connectivity index is 2.00. The fraction of sp³-hybridized carbons (Fsp3) is 1.00. The molecule has 1 saturated carbocycles. The average molecular weight is 243 g/mol.